The first-order chi connectivity index (χ1) is 14.8. The second-order valence-electron chi connectivity index (χ2n) is 8.56. The van der Waals surface area contributed by atoms with E-state index in [1.807, 2.05) is 45.0 Å². The molecule has 2 aromatic heterocycles. The summed E-state index contributed by atoms with van der Waals surface area (Å²) in [5.74, 6) is -0.369. The third-order valence-corrected chi connectivity index (χ3v) is 6.68. The van der Waals surface area contributed by atoms with Crippen molar-refractivity contribution in [3.8, 4) is 17.2 Å². The lowest BCUT2D eigenvalue weighted by Gasteiger charge is -2.48. The van der Waals surface area contributed by atoms with Gasteiger partial charge in [-0.15, -0.1) is 0 Å². The van der Waals surface area contributed by atoms with E-state index in [1.165, 1.54) is 0 Å². The molecule has 3 heterocycles. The van der Waals surface area contributed by atoms with Gasteiger partial charge in [-0.3, -0.25) is 4.79 Å². The summed E-state index contributed by atoms with van der Waals surface area (Å²) in [4.78, 5) is 21.2. The number of piperidine rings is 1. The topological polar surface area (TPSA) is 119 Å². The zero-order valence-electron chi connectivity index (χ0n) is 18.0. The van der Waals surface area contributed by atoms with Gasteiger partial charge in [-0.2, -0.15) is 5.26 Å². The number of aryl methyl sites for hydroxylation is 1. The predicted octanol–water partition coefficient (Wildman–Crippen LogP) is 2.67. The Labute approximate surface area is 181 Å². The van der Waals surface area contributed by atoms with E-state index in [1.54, 1.807) is 17.3 Å². The minimum Gasteiger partial charge on any atom is -0.384 e. The van der Waals surface area contributed by atoms with Crippen molar-refractivity contribution >= 4 is 16.9 Å². The van der Waals surface area contributed by atoms with Crippen molar-refractivity contribution in [3.63, 3.8) is 0 Å². The molecular weight excluding hydrogens is 390 g/mol. The molecule has 1 saturated heterocycles. The lowest BCUT2D eigenvalue weighted by Crippen LogP contribution is -2.57. The highest BCUT2D eigenvalue weighted by Crippen LogP contribution is 2.43. The molecule has 0 spiro atoms. The number of carbonyl (C=O) groups is 1. The highest BCUT2D eigenvalue weighted by molar-refractivity contribution is 5.97. The molecule has 0 saturated carbocycles. The molecule has 0 radical (unpaired) electrons. The molecule has 7 nitrogen and oxygen atoms in total. The average molecular weight is 418 g/mol. The number of nitrogens with one attached hydrogen (secondary N) is 1. The maximum atomic E-state index is 12.1. The molecule has 31 heavy (non-hydrogen) atoms. The Balaban J connectivity index is 1.75. The van der Waals surface area contributed by atoms with Crippen molar-refractivity contribution < 1.29 is 9.90 Å². The van der Waals surface area contributed by atoms with E-state index in [4.69, 9.17) is 5.73 Å². The van der Waals surface area contributed by atoms with Gasteiger partial charge in [-0.1, -0.05) is 32.0 Å². The van der Waals surface area contributed by atoms with E-state index in [0.717, 1.165) is 27.6 Å². The summed E-state index contributed by atoms with van der Waals surface area (Å²) in [6, 6.07) is 10.1. The van der Waals surface area contributed by atoms with E-state index in [-0.39, 0.29) is 24.3 Å². The number of rotatable bonds is 3. The Bertz CT molecular complexity index is 1180. The molecule has 1 amide bonds. The van der Waals surface area contributed by atoms with E-state index in [2.05, 4.69) is 16.0 Å². The fourth-order valence-electron chi connectivity index (χ4n) is 5.03. The summed E-state index contributed by atoms with van der Waals surface area (Å²) in [7, 11) is 0. The SMILES string of the molecule is Cc1cc(-c2ccnc3[nH]cc(C#N)c23)ccc1[C@@]1(O)[C@H](C)CN(C(=O)CN)C[C@@H]1C. The van der Waals surface area contributed by atoms with Gasteiger partial charge in [0.15, 0.2) is 0 Å². The van der Waals surface area contributed by atoms with Gasteiger partial charge in [-0.05, 0) is 35.2 Å². The van der Waals surface area contributed by atoms with Crippen LogP contribution in [0.5, 0.6) is 0 Å². The highest BCUT2D eigenvalue weighted by atomic mass is 16.3. The summed E-state index contributed by atoms with van der Waals surface area (Å²) < 4.78 is 0. The number of nitrogens with zero attached hydrogens (tertiary/aromatic N) is 3. The number of amides is 1. The number of carbonyl (C=O) groups excluding carboxylic acids is 1. The minimum absolute atomic E-state index is 0.0180. The molecule has 3 aromatic rings. The van der Waals surface area contributed by atoms with E-state index in [9.17, 15) is 15.2 Å². The van der Waals surface area contributed by atoms with Crippen molar-refractivity contribution in [2.75, 3.05) is 19.6 Å². The van der Waals surface area contributed by atoms with Crippen LogP contribution in [-0.4, -0.2) is 45.5 Å². The third kappa shape index (κ3) is 3.29. The maximum absolute atomic E-state index is 12.1. The molecule has 7 heteroatoms. The number of aliphatic hydroxyl groups is 1. The maximum Gasteiger partial charge on any atom is 0.236 e. The fourth-order valence-corrected chi connectivity index (χ4v) is 5.03. The summed E-state index contributed by atoms with van der Waals surface area (Å²) >= 11 is 0. The van der Waals surface area contributed by atoms with Gasteiger partial charge in [0.2, 0.25) is 5.91 Å². The summed E-state index contributed by atoms with van der Waals surface area (Å²) in [5.41, 5.74) is 9.45. The van der Waals surface area contributed by atoms with Crippen molar-refractivity contribution in [1.29, 1.82) is 5.26 Å². The molecule has 3 atom stereocenters. The number of hydrogen-bond acceptors (Lipinski definition) is 5. The summed E-state index contributed by atoms with van der Waals surface area (Å²) in [5, 5.41) is 22.1. The standard InChI is InChI=1S/C24H27N5O2/c1-14-8-17(19-6-7-27-23-22(19)18(9-25)11-28-23)4-5-20(14)24(31)15(2)12-29(13-16(24)3)21(30)10-26/h4-8,11,15-16,31H,10,12-13,26H2,1-3H3,(H,27,28)/t15-,16+,24-. The average Bonchev–Trinajstić information content (AvgIpc) is 3.19. The summed E-state index contributed by atoms with van der Waals surface area (Å²) in [6.45, 7) is 6.87. The normalized spacial score (nSPS) is 23.7. The molecular formula is C24H27N5O2. The summed E-state index contributed by atoms with van der Waals surface area (Å²) in [6.07, 6.45) is 3.39. The zero-order chi connectivity index (χ0) is 22.3. The number of pyridine rings is 1. The van der Waals surface area contributed by atoms with E-state index < -0.39 is 5.60 Å². The first-order valence-corrected chi connectivity index (χ1v) is 10.5. The molecule has 1 aliphatic heterocycles. The largest absolute Gasteiger partial charge is 0.384 e. The zero-order valence-corrected chi connectivity index (χ0v) is 18.0. The van der Waals surface area contributed by atoms with Crippen LogP contribution < -0.4 is 5.73 Å². The molecule has 0 aliphatic carbocycles. The lowest BCUT2D eigenvalue weighted by atomic mass is 9.69. The van der Waals surface area contributed by atoms with Crippen LogP contribution in [0.3, 0.4) is 0 Å². The van der Waals surface area contributed by atoms with Gasteiger partial charge < -0.3 is 20.7 Å². The van der Waals surface area contributed by atoms with Gasteiger partial charge in [0.05, 0.1) is 17.7 Å². The minimum atomic E-state index is -1.05. The number of aromatic nitrogens is 2. The Morgan fingerprint density at radius 3 is 2.68 bits per heavy atom. The molecule has 160 valence electrons. The van der Waals surface area contributed by atoms with Crippen LogP contribution >= 0.6 is 0 Å². The Hall–Kier alpha value is -3.21. The van der Waals surface area contributed by atoms with Gasteiger partial charge in [0, 0.05) is 42.7 Å². The van der Waals surface area contributed by atoms with Crippen LogP contribution in [0, 0.1) is 30.1 Å². The number of fused-ring (bicyclic) bond motifs is 1. The van der Waals surface area contributed by atoms with Gasteiger partial charge >= 0.3 is 0 Å². The first kappa shape index (κ1) is 21.0. The van der Waals surface area contributed by atoms with Crippen LogP contribution in [-0.2, 0) is 10.4 Å². The molecule has 4 N–H and O–H groups in total. The molecule has 0 unspecified atom stereocenters. The number of nitriles is 1. The quantitative estimate of drug-likeness (QED) is 0.605. The number of aromatic amines is 1. The number of likely N-dealkylation sites (tertiary alicyclic amines) is 1. The molecule has 1 aromatic carbocycles. The number of benzene rings is 1. The van der Waals surface area contributed by atoms with Crippen molar-refractivity contribution in [1.82, 2.24) is 14.9 Å². The number of nitrogens with two attached hydrogens (primary N) is 1. The number of H-pyrrole nitrogens is 1. The van der Waals surface area contributed by atoms with Gasteiger partial charge in [0.25, 0.3) is 0 Å². The molecule has 1 fully saturated rings. The number of hydrogen-bond donors (Lipinski definition) is 3. The molecule has 1 aliphatic rings. The Kier molecular flexibility index (Phi) is 5.29. The Morgan fingerprint density at radius 2 is 2.06 bits per heavy atom. The third-order valence-electron chi connectivity index (χ3n) is 6.68. The van der Waals surface area contributed by atoms with Crippen molar-refractivity contribution in [2.24, 2.45) is 17.6 Å². The monoisotopic (exact) mass is 417 g/mol. The van der Waals surface area contributed by atoms with E-state index >= 15 is 0 Å². The second-order valence-corrected chi connectivity index (χ2v) is 8.56. The molecule has 4 rings (SSSR count). The second kappa shape index (κ2) is 7.80. The first-order valence-electron chi connectivity index (χ1n) is 10.5. The Morgan fingerprint density at radius 1 is 1.35 bits per heavy atom. The van der Waals surface area contributed by atoms with E-state index in [0.29, 0.717) is 24.3 Å². The van der Waals surface area contributed by atoms with Crippen LogP contribution in [0.25, 0.3) is 22.2 Å². The lowest BCUT2D eigenvalue weighted by molar-refractivity contribution is -0.147. The van der Waals surface area contributed by atoms with Crippen molar-refractivity contribution in [3.05, 3.63) is 53.3 Å². The van der Waals surface area contributed by atoms with Crippen molar-refractivity contribution in [2.45, 2.75) is 26.4 Å². The smallest absolute Gasteiger partial charge is 0.236 e. The van der Waals surface area contributed by atoms with Crippen LogP contribution in [0.15, 0.2) is 36.7 Å². The van der Waals surface area contributed by atoms with Crippen LogP contribution in [0.4, 0.5) is 0 Å². The highest BCUT2D eigenvalue weighted by Gasteiger charge is 2.47. The van der Waals surface area contributed by atoms with Crippen LogP contribution in [0.1, 0.15) is 30.5 Å². The predicted molar refractivity (Wildman–Crippen MR) is 119 cm³/mol. The van der Waals surface area contributed by atoms with Gasteiger partial charge in [0.1, 0.15) is 11.7 Å². The fraction of sp³-hybridized carbons (Fsp3) is 0.375. The molecule has 0 bridgehead atoms. The van der Waals surface area contributed by atoms with Gasteiger partial charge in [-0.25, -0.2) is 4.98 Å². The van der Waals surface area contributed by atoms with Crippen LogP contribution in [0.2, 0.25) is 0 Å².